The lowest BCUT2D eigenvalue weighted by atomic mass is 9.75. The highest BCUT2D eigenvalue weighted by molar-refractivity contribution is 5.99. The number of amides is 1. The lowest BCUT2D eigenvalue weighted by Gasteiger charge is -2.45. The number of benzene rings is 1. The highest BCUT2D eigenvalue weighted by Gasteiger charge is 2.49. The number of nitrogens with one attached hydrogen (secondary N) is 1. The quantitative estimate of drug-likeness (QED) is 0.777. The molecule has 2 atom stereocenters. The second-order valence-corrected chi connectivity index (χ2v) is 5.44. The van der Waals surface area contributed by atoms with Crippen LogP contribution in [-0.4, -0.2) is 36.5 Å². The summed E-state index contributed by atoms with van der Waals surface area (Å²) >= 11 is 0. The van der Waals surface area contributed by atoms with Gasteiger partial charge in [0, 0.05) is 31.6 Å². The van der Waals surface area contributed by atoms with E-state index in [4.69, 9.17) is 0 Å². The van der Waals surface area contributed by atoms with Crippen LogP contribution in [0.5, 0.6) is 0 Å². The molecule has 0 spiro atoms. The maximum absolute atomic E-state index is 12.5. The smallest absolute Gasteiger partial charge is 0.254 e. The second kappa shape index (κ2) is 4.97. The molecule has 1 fully saturated rings. The number of carbonyl (C=O) groups excluding carboxylic acids is 1. The van der Waals surface area contributed by atoms with Crippen molar-refractivity contribution in [3.8, 4) is 0 Å². The molecule has 2 aliphatic heterocycles. The third-order valence-corrected chi connectivity index (χ3v) is 4.55. The second-order valence-electron chi connectivity index (χ2n) is 5.44. The Morgan fingerprint density at radius 2 is 2.05 bits per heavy atom. The van der Waals surface area contributed by atoms with Gasteiger partial charge in [-0.05, 0) is 25.0 Å². The van der Waals surface area contributed by atoms with Crippen LogP contribution in [-0.2, 0) is 0 Å². The first kappa shape index (κ1) is 14.1. The number of rotatable bonds is 0. The molecule has 2 heterocycles. The topological polar surface area (TPSA) is 32.3 Å². The zero-order valence-electron chi connectivity index (χ0n) is 12.6. The van der Waals surface area contributed by atoms with Gasteiger partial charge in [0.1, 0.15) is 0 Å². The molecule has 0 aliphatic carbocycles. The van der Waals surface area contributed by atoms with E-state index in [2.05, 4.69) is 24.4 Å². The predicted molar refractivity (Wildman–Crippen MR) is 78.6 cm³/mol. The van der Waals surface area contributed by atoms with Gasteiger partial charge in [-0.1, -0.05) is 32.0 Å². The van der Waals surface area contributed by atoms with Crippen LogP contribution in [0.15, 0.2) is 18.2 Å². The highest BCUT2D eigenvalue weighted by atomic mass is 16.2. The SMILES string of the molecule is CC.Cc1cccc2c1C(=O)N(C)C1(C)CNCC21. The van der Waals surface area contributed by atoms with E-state index in [0.29, 0.717) is 5.92 Å². The van der Waals surface area contributed by atoms with Crippen molar-refractivity contribution in [2.75, 3.05) is 20.1 Å². The van der Waals surface area contributed by atoms with Crippen LogP contribution >= 0.6 is 0 Å². The summed E-state index contributed by atoms with van der Waals surface area (Å²) in [5.41, 5.74) is 3.16. The van der Waals surface area contributed by atoms with Crippen molar-refractivity contribution in [3.05, 3.63) is 34.9 Å². The predicted octanol–water partition coefficient (Wildman–Crippen LogP) is 2.55. The Morgan fingerprint density at radius 3 is 2.74 bits per heavy atom. The molecule has 1 amide bonds. The van der Waals surface area contributed by atoms with E-state index in [1.54, 1.807) is 0 Å². The summed E-state index contributed by atoms with van der Waals surface area (Å²) < 4.78 is 0. The van der Waals surface area contributed by atoms with Gasteiger partial charge >= 0.3 is 0 Å². The number of fused-ring (bicyclic) bond motifs is 3. The van der Waals surface area contributed by atoms with Gasteiger partial charge < -0.3 is 10.2 Å². The number of nitrogens with zero attached hydrogens (tertiary/aromatic N) is 1. The van der Waals surface area contributed by atoms with Crippen molar-refractivity contribution in [1.82, 2.24) is 10.2 Å². The first-order valence-corrected chi connectivity index (χ1v) is 7.14. The highest BCUT2D eigenvalue weighted by Crippen LogP contribution is 2.42. The average molecular weight is 260 g/mol. The molecule has 0 radical (unpaired) electrons. The van der Waals surface area contributed by atoms with Crippen LogP contribution in [0.3, 0.4) is 0 Å². The molecular weight excluding hydrogens is 236 g/mol. The summed E-state index contributed by atoms with van der Waals surface area (Å²) in [6.45, 7) is 10.0. The largest absolute Gasteiger partial charge is 0.334 e. The Kier molecular flexibility index (Phi) is 3.68. The number of likely N-dealkylation sites (N-methyl/N-ethyl adjacent to an activating group) is 1. The molecule has 1 aromatic carbocycles. The Morgan fingerprint density at radius 1 is 1.37 bits per heavy atom. The number of carbonyl (C=O) groups is 1. The van der Waals surface area contributed by atoms with Crippen LogP contribution in [0.25, 0.3) is 0 Å². The molecule has 3 heteroatoms. The minimum absolute atomic E-state index is 0.0716. The molecule has 0 saturated carbocycles. The van der Waals surface area contributed by atoms with Crippen LogP contribution in [0, 0.1) is 6.92 Å². The fourth-order valence-electron chi connectivity index (χ4n) is 3.28. The number of hydrogen-bond donors (Lipinski definition) is 1. The van der Waals surface area contributed by atoms with Gasteiger partial charge in [-0.25, -0.2) is 0 Å². The molecule has 0 bridgehead atoms. The summed E-state index contributed by atoms with van der Waals surface area (Å²) in [7, 11) is 1.93. The molecule has 3 rings (SSSR count). The van der Waals surface area contributed by atoms with E-state index in [1.165, 1.54) is 5.56 Å². The number of aryl methyl sites for hydroxylation is 1. The summed E-state index contributed by atoms with van der Waals surface area (Å²) in [6.07, 6.45) is 0. The van der Waals surface area contributed by atoms with E-state index >= 15 is 0 Å². The Hall–Kier alpha value is -1.35. The van der Waals surface area contributed by atoms with Gasteiger partial charge in [-0.2, -0.15) is 0 Å². The minimum Gasteiger partial charge on any atom is -0.334 e. The molecule has 1 saturated heterocycles. The van der Waals surface area contributed by atoms with E-state index in [1.807, 2.05) is 38.8 Å². The van der Waals surface area contributed by atoms with E-state index < -0.39 is 0 Å². The van der Waals surface area contributed by atoms with Crippen LogP contribution in [0.2, 0.25) is 0 Å². The molecule has 2 aliphatic rings. The summed E-state index contributed by atoms with van der Waals surface area (Å²) in [6, 6.07) is 6.20. The molecular formula is C16H24N2O. The zero-order valence-corrected chi connectivity index (χ0v) is 12.6. The average Bonchev–Trinajstić information content (AvgIpc) is 2.82. The van der Waals surface area contributed by atoms with Gasteiger partial charge in [0.15, 0.2) is 0 Å². The summed E-state index contributed by atoms with van der Waals surface area (Å²) in [5, 5.41) is 3.42. The summed E-state index contributed by atoms with van der Waals surface area (Å²) in [4.78, 5) is 14.4. The molecule has 2 unspecified atom stereocenters. The molecule has 0 aromatic heterocycles. The van der Waals surface area contributed by atoms with Gasteiger partial charge in [-0.3, -0.25) is 4.79 Å². The maximum atomic E-state index is 12.5. The lowest BCUT2D eigenvalue weighted by Crippen LogP contribution is -2.55. The molecule has 104 valence electrons. The fraction of sp³-hybridized carbons (Fsp3) is 0.562. The van der Waals surface area contributed by atoms with E-state index in [9.17, 15) is 4.79 Å². The third-order valence-electron chi connectivity index (χ3n) is 4.55. The molecule has 19 heavy (non-hydrogen) atoms. The van der Waals surface area contributed by atoms with E-state index in [0.717, 1.165) is 24.2 Å². The van der Waals surface area contributed by atoms with Crippen molar-refractivity contribution >= 4 is 5.91 Å². The molecule has 1 aromatic rings. The zero-order chi connectivity index (χ0) is 14.2. The fourth-order valence-corrected chi connectivity index (χ4v) is 3.28. The number of hydrogen-bond acceptors (Lipinski definition) is 2. The lowest BCUT2D eigenvalue weighted by molar-refractivity contribution is 0.0555. The first-order chi connectivity index (χ1) is 9.05. The van der Waals surface area contributed by atoms with Crippen molar-refractivity contribution in [1.29, 1.82) is 0 Å². The maximum Gasteiger partial charge on any atom is 0.254 e. The first-order valence-electron chi connectivity index (χ1n) is 7.14. The summed E-state index contributed by atoms with van der Waals surface area (Å²) in [5.74, 6) is 0.584. The monoisotopic (exact) mass is 260 g/mol. The molecule has 1 N–H and O–H groups in total. The van der Waals surface area contributed by atoms with Crippen molar-refractivity contribution in [2.45, 2.75) is 39.2 Å². The Balaban J connectivity index is 0.000000637. The van der Waals surface area contributed by atoms with Gasteiger partial charge in [0.05, 0.1) is 5.54 Å². The van der Waals surface area contributed by atoms with Crippen LogP contribution in [0.1, 0.15) is 48.2 Å². The van der Waals surface area contributed by atoms with Crippen molar-refractivity contribution in [3.63, 3.8) is 0 Å². The normalized spacial score (nSPS) is 28.4. The Labute approximate surface area is 116 Å². The minimum atomic E-state index is -0.0716. The Bertz CT molecular complexity index is 498. The molecule has 3 nitrogen and oxygen atoms in total. The van der Waals surface area contributed by atoms with Gasteiger partial charge in [0.2, 0.25) is 0 Å². The van der Waals surface area contributed by atoms with Crippen molar-refractivity contribution < 1.29 is 4.79 Å². The standard InChI is InChI=1S/C14H18N2O.C2H6/c1-9-5-4-6-10-11-7-15-8-14(11,2)16(3)13(17)12(9)10;1-2/h4-6,11,15H,7-8H2,1-3H3;1-2H3. The van der Waals surface area contributed by atoms with E-state index in [-0.39, 0.29) is 11.4 Å². The van der Waals surface area contributed by atoms with Crippen LogP contribution < -0.4 is 5.32 Å². The van der Waals surface area contributed by atoms with Crippen molar-refractivity contribution in [2.24, 2.45) is 0 Å². The van der Waals surface area contributed by atoms with Gasteiger partial charge in [-0.15, -0.1) is 0 Å². The third kappa shape index (κ3) is 1.88. The van der Waals surface area contributed by atoms with Gasteiger partial charge in [0.25, 0.3) is 5.91 Å². The van der Waals surface area contributed by atoms with Crippen LogP contribution in [0.4, 0.5) is 0 Å².